The van der Waals surface area contributed by atoms with Crippen molar-refractivity contribution in [1.82, 2.24) is 0 Å². The van der Waals surface area contributed by atoms with E-state index < -0.39 is 17.7 Å². The maximum absolute atomic E-state index is 13.4. The van der Waals surface area contributed by atoms with Gasteiger partial charge in [-0.3, -0.25) is 0 Å². The minimum Gasteiger partial charge on any atom is -0.324 e. The van der Waals surface area contributed by atoms with Crippen molar-refractivity contribution in [1.29, 1.82) is 0 Å². The quantitative estimate of drug-likeness (QED) is 0.775. The van der Waals surface area contributed by atoms with E-state index in [9.17, 15) is 8.78 Å². The molecule has 0 aliphatic rings. The third kappa shape index (κ3) is 2.22. The summed E-state index contributed by atoms with van der Waals surface area (Å²) in [6.45, 7) is 1.90. The van der Waals surface area contributed by atoms with Crippen LogP contribution >= 0.6 is 11.6 Å². The largest absolute Gasteiger partial charge is 0.324 e. The Hall–Kier alpha value is -0.670. The summed E-state index contributed by atoms with van der Waals surface area (Å²) in [5.41, 5.74) is 5.53. The molecule has 1 aromatic rings. The van der Waals surface area contributed by atoms with Crippen LogP contribution in [-0.2, 0) is 0 Å². The van der Waals surface area contributed by atoms with Crippen molar-refractivity contribution in [2.75, 3.05) is 0 Å². The Balaban J connectivity index is 3.11. The first-order valence-electron chi connectivity index (χ1n) is 4.46. The summed E-state index contributed by atoms with van der Waals surface area (Å²) in [5, 5.41) is -0.0899. The van der Waals surface area contributed by atoms with Crippen LogP contribution in [0.3, 0.4) is 0 Å². The fourth-order valence-electron chi connectivity index (χ4n) is 1.34. The van der Waals surface area contributed by atoms with Gasteiger partial charge < -0.3 is 5.73 Å². The van der Waals surface area contributed by atoms with Gasteiger partial charge >= 0.3 is 0 Å². The Morgan fingerprint density at radius 2 is 2.07 bits per heavy atom. The minimum absolute atomic E-state index is 0.0899. The molecule has 0 aliphatic carbocycles. The van der Waals surface area contributed by atoms with Crippen molar-refractivity contribution in [2.24, 2.45) is 5.73 Å². The van der Waals surface area contributed by atoms with E-state index in [0.29, 0.717) is 6.42 Å². The van der Waals surface area contributed by atoms with Crippen molar-refractivity contribution in [3.63, 3.8) is 0 Å². The lowest BCUT2D eigenvalue weighted by atomic mass is 10.0. The topological polar surface area (TPSA) is 26.0 Å². The predicted octanol–water partition coefficient (Wildman–Crippen LogP) is 3.42. The molecular formula is C10H12ClF2N. The third-order valence-electron chi connectivity index (χ3n) is 2.05. The molecule has 1 unspecified atom stereocenters. The lowest BCUT2D eigenvalue weighted by molar-refractivity contribution is 0.510. The number of hydrogen-bond acceptors (Lipinski definition) is 1. The van der Waals surface area contributed by atoms with Crippen LogP contribution in [0.1, 0.15) is 31.4 Å². The lowest BCUT2D eigenvalue weighted by Gasteiger charge is -2.13. The second kappa shape index (κ2) is 4.71. The van der Waals surface area contributed by atoms with Crippen LogP contribution in [0.4, 0.5) is 8.78 Å². The standard InChI is InChI=1S/C10H12ClF2N/c1-2-3-8(14)9-7(12)5-4-6(11)10(9)13/h4-5,8H,2-3,14H2,1H3. The summed E-state index contributed by atoms with van der Waals surface area (Å²) in [5.74, 6) is -1.37. The second-order valence-corrected chi connectivity index (χ2v) is 3.56. The summed E-state index contributed by atoms with van der Waals surface area (Å²) < 4.78 is 26.6. The van der Waals surface area contributed by atoms with E-state index >= 15 is 0 Å². The fraction of sp³-hybridized carbons (Fsp3) is 0.400. The molecule has 0 spiro atoms. The van der Waals surface area contributed by atoms with Gasteiger partial charge in [0.2, 0.25) is 0 Å². The Bertz CT molecular complexity index is 328. The normalized spacial score (nSPS) is 12.9. The molecule has 0 amide bonds. The molecule has 1 nitrogen and oxygen atoms in total. The summed E-state index contributed by atoms with van der Waals surface area (Å²) in [6.07, 6.45) is 1.31. The molecule has 0 heterocycles. The van der Waals surface area contributed by atoms with Gasteiger partial charge in [-0.15, -0.1) is 0 Å². The average molecular weight is 220 g/mol. The molecule has 14 heavy (non-hydrogen) atoms. The first-order valence-corrected chi connectivity index (χ1v) is 4.84. The van der Waals surface area contributed by atoms with Crippen LogP contribution < -0.4 is 5.73 Å². The summed E-state index contributed by atoms with van der Waals surface area (Å²) in [4.78, 5) is 0. The molecule has 0 saturated carbocycles. The molecule has 0 fully saturated rings. The number of halogens is 3. The zero-order valence-corrected chi connectivity index (χ0v) is 8.61. The zero-order valence-electron chi connectivity index (χ0n) is 7.86. The minimum atomic E-state index is -0.743. The van der Waals surface area contributed by atoms with Crippen LogP contribution in [0.2, 0.25) is 5.02 Å². The Morgan fingerprint density at radius 3 is 2.64 bits per heavy atom. The SMILES string of the molecule is CCCC(N)c1c(F)ccc(Cl)c1F. The van der Waals surface area contributed by atoms with E-state index in [2.05, 4.69) is 0 Å². The second-order valence-electron chi connectivity index (χ2n) is 3.15. The molecule has 1 atom stereocenters. The number of benzene rings is 1. The highest BCUT2D eigenvalue weighted by Gasteiger charge is 2.18. The van der Waals surface area contributed by atoms with E-state index in [1.807, 2.05) is 6.92 Å². The number of hydrogen-bond donors (Lipinski definition) is 1. The van der Waals surface area contributed by atoms with E-state index in [1.54, 1.807) is 0 Å². The molecule has 0 bridgehead atoms. The molecular weight excluding hydrogens is 208 g/mol. The van der Waals surface area contributed by atoms with Gasteiger partial charge in [0.05, 0.1) is 5.02 Å². The molecule has 1 rings (SSSR count). The van der Waals surface area contributed by atoms with Gasteiger partial charge in [-0.05, 0) is 18.6 Å². The van der Waals surface area contributed by atoms with Gasteiger partial charge in [0.25, 0.3) is 0 Å². The van der Waals surface area contributed by atoms with Crippen molar-refractivity contribution in [3.05, 3.63) is 34.4 Å². The number of rotatable bonds is 3. The third-order valence-corrected chi connectivity index (χ3v) is 2.34. The average Bonchev–Trinajstić information content (AvgIpc) is 2.13. The fourth-order valence-corrected chi connectivity index (χ4v) is 1.50. The molecule has 0 aliphatic heterocycles. The molecule has 0 radical (unpaired) electrons. The smallest absolute Gasteiger partial charge is 0.149 e. The highest BCUT2D eigenvalue weighted by molar-refractivity contribution is 6.30. The maximum atomic E-state index is 13.4. The van der Waals surface area contributed by atoms with E-state index in [0.717, 1.165) is 12.5 Å². The van der Waals surface area contributed by atoms with Crippen LogP contribution in [0, 0.1) is 11.6 Å². The highest BCUT2D eigenvalue weighted by atomic mass is 35.5. The molecule has 78 valence electrons. The Labute approximate surface area is 86.9 Å². The monoisotopic (exact) mass is 219 g/mol. The first kappa shape index (κ1) is 11.4. The number of nitrogens with two attached hydrogens (primary N) is 1. The Kier molecular flexibility index (Phi) is 3.84. The van der Waals surface area contributed by atoms with Crippen molar-refractivity contribution in [2.45, 2.75) is 25.8 Å². The van der Waals surface area contributed by atoms with Crippen LogP contribution in [0.5, 0.6) is 0 Å². The lowest BCUT2D eigenvalue weighted by Crippen LogP contribution is -2.14. The summed E-state index contributed by atoms with van der Waals surface area (Å²) in [7, 11) is 0. The maximum Gasteiger partial charge on any atom is 0.149 e. The van der Waals surface area contributed by atoms with Gasteiger partial charge in [0, 0.05) is 11.6 Å². The van der Waals surface area contributed by atoms with E-state index in [-0.39, 0.29) is 10.6 Å². The van der Waals surface area contributed by atoms with Crippen molar-refractivity contribution >= 4 is 11.6 Å². The van der Waals surface area contributed by atoms with Gasteiger partial charge in [0.1, 0.15) is 11.6 Å². The first-order chi connectivity index (χ1) is 6.57. The van der Waals surface area contributed by atoms with E-state index in [1.165, 1.54) is 6.07 Å². The molecule has 4 heteroatoms. The van der Waals surface area contributed by atoms with Crippen LogP contribution in [-0.4, -0.2) is 0 Å². The van der Waals surface area contributed by atoms with Gasteiger partial charge in [0.15, 0.2) is 0 Å². The summed E-state index contributed by atoms with van der Waals surface area (Å²) >= 11 is 5.53. The summed E-state index contributed by atoms with van der Waals surface area (Å²) in [6, 6.07) is 1.70. The van der Waals surface area contributed by atoms with E-state index in [4.69, 9.17) is 17.3 Å². The predicted molar refractivity (Wildman–Crippen MR) is 53.2 cm³/mol. The molecule has 0 aromatic heterocycles. The molecule has 2 N–H and O–H groups in total. The van der Waals surface area contributed by atoms with Crippen molar-refractivity contribution in [3.8, 4) is 0 Å². The highest BCUT2D eigenvalue weighted by Crippen LogP contribution is 2.27. The van der Waals surface area contributed by atoms with Gasteiger partial charge in [-0.25, -0.2) is 8.78 Å². The van der Waals surface area contributed by atoms with Crippen LogP contribution in [0.15, 0.2) is 12.1 Å². The van der Waals surface area contributed by atoms with Gasteiger partial charge in [-0.2, -0.15) is 0 Å². The Morgan fingerprint density at radius 1 is 1.43 bits per heavy atom. The van der Waals surface area contributed by atoms with Gasteiger partial charge in [-0.1, -0.05) is 24.9 Å². The molecule has 0 saturated heterocycles. The van der Waals surface area contributed by atoms with Crippen LogP contribution in [0.25, 0.3) is 0 Å². The zero-order chi connectivity index (χ0) is 10.7. The molecule has 1 aromatic carbocycles. The van der Waals surface area contributed by atoms with Crippen molar-refractivity contribution < 1.29 is 8.78 Å².